The summed E-state index contributed by atoms with van der Waals surface area (Å²) in [5.74, 6) is 0.561. The highest BCUT2D eigenvalue weighted by atomic mass is 16.5. The van der Waals surface area contributed by atoms with Crippen molar-refractivity contribution in [1.82, 2.24) is 0 Å². The van der Waals surface area contributed by atoms with Gasteiger partial charge in [0, 0.05) is 0 Å². The molecule has 0 fully saturated rings. The second-order valence-corrected chi connectivity index (χ2v) is 2.20. The van der Waals surface area contributed by atoms with Crippen LogP contribution in [0.4, 0.5) is 0 Å². The van der Waals surface area contributed by atoms with Gasteiger partial charge in [0.05, 0.1) is 12.7 Å². The predicted octanol–water partition coefficient (Wildman–Crippen LogP) is 1.90. The average Bonchev–Trinajstić information content (AvgIpc) is 2.16. The number of benzene rings is 1. The highest BCUT2D eigenvalue weighted by molar-refractivity contribution is 5.46. The second-order valence-electron chi connectivity index (χ2n) is 2.20. The minimum Gasteiger partial charge on any atom is -0.495 e. The van der Waals surface area contributed by atoms with Crippen LogP contribution in [-0.2, 0) is 0 Å². The first kappa shape index (κ1) is 8.35. The first-order chi connectivity index (χ1) is 5.81. The lowest BCUT2D eigenvalue weighted by atomic mass is 10.1. The van der Waals surface area contributed by atoms with Crippen molar-refractivity contribution in [3.8, 4) is 11.8 Å². The summed E-state index contributed by atoms with van der Waals surface area (Å²) >= 11 is 0. The third kappa shape index (κ3) is 1.46. The predicted molar refractivity (Wildman–Crippen MR) is 45.7 cm³/mol. The topological polar surface area (TPSA) is 33.0 Å². The van der Waals surface area contributed by atoms with Gasteiger partial charge in [0.25, 0.3) is 0 Å². The molecule has 0 aliphatic heterocycles. The molecule has 0 saturated heterocycles. The molecule has 0 aliphatic carbocycles. The highest BCUT2D eigenvalue weighted by Gasteiger charge is 2.00. The number of methoxy groups -OCH3 is 1. The summed E-state index contributed by atoms with van der Waals surface area (Å²) in [7, 11) is 1.53. The maximum Gasteiger partial charge on any atom is 0.137 e. The molecule has 12 heavy (non-hydrogen) atoms. The van der Waals surface area contributed by atoms with Crippen LogP contribution < -0.4 is 4.74 Å². The van der Waals surface area contributed by atoms with Crippen molar-refractivity contribution in [3.63, 3.8) is 0 Å². The van der Waals surface area contributed by atoms with Gasteiger partial charge in [-0.05, 0) is 23.8 Å². The van der Waals surface area contributed by atoms with E-state index in [0.717, 1.165) is 5.56 Å². The van der Waals surface area contributed by atoms with Gasteiger partial charge in [0.2, 0.25) is 0 Å². The molecule has 0 heterocycles. The van der Waals surface area contributed by atoms with Crippen molar-refractivity contribution in [2.24, 2.45) is 0 Å². The van der Waals surface area contributed by atoms with Crippen LogP contribution in [0, 0.1) is 17.4 Å². The smallest absolute Gasteiger partial charge is 0.137 e. The van der Waals surface area contributed by atoms with Crippen LogP contribution in [-0.4, -0.2) is 7.11 Å². The third-order valence-electron chi connectivity index (χ3n) is 1.53. The lowest BCUT2D eigenvalue weighted by Gasteiger charge is -2.02. The normalized spacial score (nSPS) is 8.67. The van der Waals surface area contributed by atoms with Gasteiger partial charge in [-0.2, -0.15) is 5.26 Å². The zero-order chi connectivity index (χ0) is 8.97. The molecular formula is C10H8NO. The van der Waals surface area contributed by atoms with Crippen LogP contribution >= 0.6 is 0 Å². The van der Waals surface area contributed by atoms with Gasteiger partial charge in [-0.1, -0.05) is 12.6 Å². The number of hydrogen-bond donors (Lipinski definition) is 0. The van der Waals surface area contributed by atoms with E-state index in [1.807, 2.05) is 6.07 Å². The maximum atomic E-state index is 8.65. The lowest BCUT2D eigenvalue weighted by Crippen LogP contribution is -1.88. The number of hydrogen-bond acceptors (Lipinski definition) is 2. The summed E-state index contributed by atoms with van der Waals surface area (Å²) in [6, 6.07) is 7.21. The SMILES string of the molecule is C=[C]c1ccc(C#N)c(OC)c1. The molecule has 0 aromatic heterocycles. The Labute approximate surface area is 71.7 Å². The van der Waals surface area contributed by atoms with Gasteiger partial charge in [-0.25, -0.2) is 0 Å². The largest absolute Gasteiger partial charge is 0.495 e. The van der Waals surface area contributed by atoms with E-state index in [-0.39, 0.29) is 0 Å². The number of nitrogens with zero attached hydrogens (tertiary/aromatic N) is 1. The molecule has 0 spiro atoms. The van der Waals surface area contributed by atoms with Crippen LogP contribution in [0.2, 0.25) is 0 Å². The van der Waals surface area contributed by atoms with Crippen molar-refractivity contribution in [1.29, 1.82) is 5.26 Å². The van der Waals surface area contributed by atoms with E-state index in [2.05, 4.69) is 12.7 Å². The number of nitriles is 1. The molecule has 1 aromatic rings. The Morgan fingerprint density at radius 3 is 2.75 bits per heavy atom. The number of ether oxygens (including phenoxy) is 1. The molecule has 0 amide bonds. The quantitative estimate of drug-likeness (QED) is 0.658. The van der Waals surface area contributed by atoms with Gasteiger partial charge in [0.15, 0.2) is 0 Å². The maximum absolute atomic E-state index is 8.65. The Morgan fingerprint density at radius 1 is 1.50 bits per heavy atom. The Balaban J connectivity index is 3.21. The summed E-state index contributed by atoms with van der Waals surface area (Å²) in [6.07, 6.45) is 2.71. The third-order valence-corrected chi connectivity index (χ3v) is 1.53. The molecule has 0 unspecified atom stereocenters. The first-order valence-electron chi connectivity index (χ1n) is 3.43. The van der Waals surface area contributed by atoms with Crippen LogP contribution in [0.5, 0.6) is 5.75 Å². The lowest BCUT2D eigenvalue weighted by molar-refractivity contribution is 0.413. The van der Waals surface area contributed by atoms with Crippen molar-refractivity contribution in [2.75, 3.05) is 7.11 Å². The minimum atomic E-state index is 0.525. The van der Waals surface area contributed by atoms with Crippen molar-refractivity contribution < 1.29 is 4.74 Å². The first-order valence-corrected chi connectivity index (χ1v) is 3.43. The molecule has 0 atom stereocenters. The summed E-state index contributed by atoms with van der Waals surface area (Å²) in [6.45, 7) is 3.50. The molecule has 59 valence electrons. The zero-order valence-electron chi connectivity index (χ0n) is 6.79. The summed E-state index contributed by atoms with van der Waals surface area (Å²) in [5, 5.41) is 8.65. The Kier molecular flexibility index (Phi) is 2.49. The summed E-state index contributed by atoms with van der Waals surface area (Å²) in [5.41, 5.74) is 1.35. The highest BCUT2D eigenvalue weighted by Crippen LogP contribution is 2.18. The molecule has 1 radical (unpaired) electrons. The van der Waals surface area contributed by atoms with Crippen molar-refractivity contribution in [2.45, 2.75) is 0 Å². The molecule has 1 aromatic carbocycles. The number of rotatable bonds is 2. The molecule has 0 aliphatic rings. The van der Waals surface area contributed by atoms with E-state index in [9.17, 15) is 0 Å². The Hall–Kier alpha value is -1.75. The molecular weight excluding hydrogens is 150 g/mol. The molecule has 1 rings (SSSR count). The van der Waals surface area contributed by atoms with Gasteiger partial charge in [0.1, 0.15) is 11.8 Å². The molecule has 0 bridgehead atoms. The molecule has 0 N–H and O–H groups in total. The Bertz CT molecular complexity index is 336. The average molecular weight is 158 g/mol. The second kappa shape index (κ2) is 3.59. The van der Waals surface area contributed by atoms with E-state index >= 15 is 0 Å². The van der Waals surface area contributed by atoms with Crippen molar-refractivity contribution >= 4 is 0 Å². The van der Waals surface area contributed by atoms with E-state index in [0.29, 0.717) is 11.3 Å². The molecule has 2 nitrogen and oxygen atoms in total. The van der Waals surface area contributed by atoms with Gasteiger partial charge >= 0.3 is 0 Å². The van der Waals surface area contributed by atoms with E-state index in [4.69, 9.17) is 10.00 Å². The van der Waals surface area contributed by atoms with Gasteiger partial charge in [-0.3, -0.25) is 0 Å². The fourth-order valence-corrected chi connectivity index (χ4v) is 0.894. The van der Waals surface area contributed by atoms with E-state index in [1.165, 1.54) is 7.11 Å². The fourth-order valence-electron chi connectivity index (χ4n) is 0.894. The Morgan fingerprint density at radius 2 is 2.25 bits per heavy atom. The van der Waals surface area contributed by atoms with E-state index < -0.39 is 0 Å². The zero-order valence-corrected chi connectivity index (χ0v) is 6.79. The molecule has 0 saturated carbocycles. The van der Waals surface area contributed by atoms with Crippen LogP contribution in [0.1, 0.15) is 11.1 Å². The van der Waals surface area contributed by atoms with Gasteiger partial charge < -0.3 is 4.74 Å². The summed E-state index contributed by atoms with van der Waals surface area (Å²) in [4.78, 5) is 0. The van der Waals surface area contributed by atoms with Crippen LogP contribution in [0.15, 0.2) is 24.8 Å². The standard InChI is InChI=1S/C10H8NO/c1-3-8-4-5-9(7-11)10(6-8)12-2/h4-6H,1H2,2H3. The fraction of sp³-hybridized carbons (Fsp3) is 0.100. The van der Waals surface area contributed by atoms with Crippen LogP contribution in [0.3, 0.4) is 0 Å². The van der Waals surface area contributed by atoms with Crippen LogP contribution in [0.25, 0.3) is 0 Å². The van der Waals surface area contributed by atoms with E-state index in [1.54, 1.807) is 18.2 Å². The summed E-state index contributed by atoms with van der Waals surface area (Å²) < 4.78 is 4.99. The van der Waals surface area contributed by atoms with Gasteiger partial charge in [-0.15, -0.1) is 0 Å². The molecule has 2 heteroatoms. The van der Waals surface area contributed by atoms with Crippen molar-refractivity contribution in [3.05, 3.63) is 42.0 Å². The minimum absolute atomic E-state index is 0.525. The monoisotopic (exact) mass is 158 g/mol.